The van der Waals surface area contributed by atoms with Gasteiger partial charge in [0.15, 0.2) is 0 Å². The Bertz CT molecular complexity index is 1100. The van der Waals surface area contributed by atoms with Gasteiger partial charge in [0, 0.05) is 30.8 Å². The summed E-state index contributed by atoms with van der Waals surface area (Å²) in [5, 5.41) is 5.92. The number of carbonyl (C=O) groups is 1. The van der Waals surface area contributed by atoms with Crippen molar-refractivity contribution < 1.29 is 9.53 Å². The summed E-state index contributed by atoms with van der Waals surface area (Å²) in [6, 6.07) is 22.0. The fourth-order valence-electron chi connectivity index (χ4n) is 2.68. The monoisotopic (exact) mass is 397 g/mol. The predicted octanol–water partition coefficient (Wildman–Crippen LogP) is 4.53. The Morgan fingerprint density at radius 3 is 2.43 bits per heavy atom. The van der Waals surface area contributed by atoms with Crippen LogP contribution in [0.25, 0.3) is 0 Å². The summed E-state index contributed by atoms with van der Waals surface area (Å²) in [4.78, 5) is 25.0. The van der Waals surface area contributed by atoms with Gasteiger partial charge in [0.2, 0.25) is 5.95 Å². The van der Waals surface area contributed by atoms with Gasteiger partial charge in [-0.15, -0.1) is 0 Å². The van der Waals surface area contributed by atoms with E-state index < -0.39 is 0 Å². The fraction of sp³-hybridized carbons (Fsp3) is 0.0435. The van der Waals surface area contributed by atoms with E-state index in [0.29, 0.717) is 23.9 Å². The van der Waals surface area contributed by atoms with Gasteiger partial charge in [-0.2, -0.15) is 0 Å². The van der Waals surface area contributed by atoms with Crippen molar-refractivity contribution in [3.05, 3.63) is 103 Å². The molecule has 0 fully saturated rings. The molecule has 2 N–H and O–H groups in total. The Morgan fingerprint density at radius 2 is 1.67 bits per heavy atom. The maximum atomic E-state index is 12.5. The molecule has 1 amide bonds. The minimum atomic E-state index is -0.321. The lowest BCUT2D eigenvalue weighted by atomic mass is 10.2. The molecule has 2 aromatic heterocycles. The summed E-state index contributed by atoms with van der Waals surface area (Å²) >= 11 is 0. The van der Waals surface area contributed by atoms with Gasteiger partial charge in [-0.05, 0) is 54.1 Å². The van der Waals surface area contributed by atoms with Gasteiger partial charge in [0.1, 0.15) is 17.2 Å². The molecule has 30 heavy (non-hydrogen) atoms. The largest absolute Gasteiger partial charge is 0.457 e. The van der Waals surface area contributed by atoms with Gasteiger partial charge < -0.3 is 15.4 Å². The highest BCUT2D eigenvalue weighted by Gasteiger charge is 2.10. The molecule has 0 aliphatic heterocycles. The number of aromatic nitrogens is 3. The lowest BCUT2D eigenvalue weighted by Gasteiger charge is -2.09. The number of carbonyl (C=O) groups excluding carboxylic acids is 1. The zero-order chi connectivity index (χ0) is 20.6. The molecule has 7 heteroatoms. The Morgan fingerprint density at radius 1 is 0.867 bits per heavy atom. The average Bonchev–Trinajstić information content (AvgIpc) is 2.80. The van der Waals surface area contributed by atoms with Crippen LogP contribution in [0.5, 0.6) is 11.5 Å². The summed E-state index contributed by atoms with van der Waals surface area (Å²) in [6.07, 6.45) is 5.02. The highest BCUT2D eigenvalue weighted by atomic mass is 16.5. The van der Waals surface area contributed by atoms with E-state index >= 15 is 0 Å². The fourth-order valence-corrected chi connectivity index (χ4v) is 2.68. The molecule has 0 radical (unpaired) electrons. The Hall–Kier alpha value is -4.26. The number of anilines is 2. The number of para-hydroxylation sites is 1. The number of nitrogens with zero attached hydrogens (tertiary/aromatic N) is 3. The highest BCUT2D eigenvalue weighted by Crippen LogP contribution is 2.22. The summed E-state index contributed by atoms with van der Waals surface area (Å²) in [5.41, 5.74) is 1.90. The molecule has 0 aliphatic rings. The number of benzene rings is 2. The normalized spacial score (nSPS) is 10.3. The number of amides is 1. The Labute approximate surface area is 173 Å². The number of pyridine rings is 1. The first-order valence-electron chi connectivity index (χ1n) is 9.36. The van der Waals surface area contributed by atoms with E-state index in [1.807, 2.05) is 42.5 Å². The van der Waals surface area contributed by atoms with Crippen molar-refractivity contribution in [1.82, 2.24) is 15.0 Å². The number of hydrogen-bond acceptors (Lipinski definition) is 6. The van der Waals surface area contributed by atoms with Crippen LogP contribution in [0.3, 0.4) is 0 Å². The molecule has 2 heterocycles. The first-order chi connectivity index (χ1) is 14.8. The van der Waals surface area contributed by atoms with Gasteiger partial charge in [0.05, 0.1) is 0 Å². The van der Waals surface area contributed by atoms with Crippen molar-refractivity contribution >= 4 is 17.5 Å². The number of ether oxygens (including phenoxy) is 1. The molecular formula is C23H19N5O2. The zero-order valence-electron chi connectivity index (χ0n) is 16.0. The van der Waals surface area contributed by atoms with E-state index in [2.05, 4.69) is 25.6 Å². The Kier molecular flexibility index (Phi) is 5.91. The Balaban J connectivity index is 1.36. The van der Waals surface area contributed by atoms with Crippen LogP contribution in [-0.2, 0) is 6.54 Å². The first kappa shape index (κ1) is 19.1. The molecule has 0 atom stereocenters. The maximum Gasteiger partial charge on any atom is 0.274 e. The summed E-state index contributed by atoms with van der Waals surface area (Å²) in [6.45, 7) is 0.516. The third-order valence-electron chi connectivity index (χ3n) is 4.15. The van der Waals surface area contributed by atoms with Crippen molar-refractivity contribution in [3.63, 3.8) is 0 Å². The van der Waals surface area contributed by atoms with Crippen LogP contribution >= 0.6 is 0 Å². The molecule has 2 aromatic carbocycles. The minimum absolute atomic E-state index is 0.267. The summed E-state index contributed by atoms with van der Waals surface area (Å²) < 4.78 is 5.76. The van der Waals surface area contributed by atoms with Gasteiger partial charge in [0.25, 0.3) is 5.91 Å². The molecule has 7 nitrogen and oxygen atoms in total. The zero-order valence-corrected chi connectivity index (χ0v) is 16.0. The lowest BCUT2D eigenvalue weighted by molar-refractivity contribution is 0.102. The van der Waals surface area contributed by atoms with Gasteiger partial charge in [-0.1, -0.05) is 24.3 Å². The van der Waals surface area contributed by atoms with Crippen molar-refractivity contribution in [3.8, 4) is 11.5 Å². The molecule has 0 bridgehead atoms. The first-order valence-corrected chi connectivity index (χ1v) is 9.36. The second-order valence-electron chi connectivity index (χ2n) is 6.37. The molecule has 4 aromatic rings. The molecule has 0 unspecified atom stereocenters. The van der Waals surface area contributed by atoms with Gasteiger partial charge in [-0.3, -0.25) is 9.78 Å². The topological polar surface area (TPSA) is 89.0 Å². The van der Waals surface area contributed by atoms with E-state index in [-0.39, 0.29) is 11.6 Å². The maximum absolute atomic E-state index is 12.5. The third-order valence-corrected chi connectivity index (χ3v) is 4.15. The molecule has 0 saturated heterocycles. The quantitative estimate of drug-likeness (QED) is 0.476. The van der Waals surface area contributed by atoms with Crippen molar-refractivity contribution in [2.24, 2.45) is 0 Å². The van der Waals surface area contributed by atoms with Crippen LogP contribution < -0.4 is 15.4 Å². The van der Waals surface area contributed by atoms with E-state index in [0.717, 1.165) is 11.3 Å². The standard InChI is InChI=1S/C23H19N5O2/c29-22(21-12-14-25-23(28-21)26-16-17-5-4-13-24-15-17)27-18-8-10-20(11-9-18)30-19-6-2-1-3-7-19/h1-15H,16H2,(H,27,29)(H,25,26,28). The molecule has 0 aliphatic carbocycles. The second kappa shape index (κ2) is 9.29. The number of nitrogens with one attached hydrogen (secondary N) is 2. The smallest absolute Gasteiger partial charge is 0.274 e. The van der Waals surface area contributed by atoms with E-state index in [9.17, 15) is 4.79 Å². The molecule has 0 spiro atoms. The average molecular weight is 397 g/mol. The van der Waals surface area contributed by atoms with Crippen LogP contribution in [0.1, 0.15) is 16.1 Å². The van der Waals surface area contributed by atoms with E-state index in [4.69, 9.17) is 4.74 Å². The van der Waals surface area contributed by atoms with Crippen LogP contribution in [0.4, 0.5) is 11.6 Å². The number of hydrogen-bond donors (Lipinski definition) is 2. The van der Waals surface area contributed by atoms with Crippen LogP contribution in [0.15, 0.2) is 91.4 Å². The number of rotatable bonds is 7. The van der Waals surface area contributed by atoms with E-state index in [1.165, 1.54) is 0 Å². The van der Waals surface area contributed by atoms with Crippen molar-refractivity contribution in [1.29, 1.82) is 0 Å². The SMILES string of the molecule is O=C(Nc1ccc(Oc2ccccc2)cc1)c1ccnc(NCc2cccnc2)n1. The molecule has 4 rings (SSSR count). The molecular weight excluding hydrogens is 378 g/mol. The highest BCUT2D eigenvalue weighted by molar-refractivity contribution is 6.02. The summed E-state index contributed by atoms with van der Waals surface area (Å²) in [7, 11) is 0. The lowest BCUT2D eigenvalue weighted by Crippen LogP contribution is -2.15. The minimum Gasteiger partial charge on any atom is -0.457 e. The van der Waals surface area contributed by atoms with Crippen molar-refractivity contribution in [2.75, 3.05) is 10.6 Å². The summed E-state index contributed by atoms with van der Waals surface area (Å²) in [5.74, 6) is 1.49. The van der Waals surface area contributed by atoms with Crippen LogP contribution in [0.2, 0.25) is 0 Å². The van der Waals surface area contributed by atoms with Crippen molar-refractivity contribution in [2.45, 2.75) is 6.54 Å². The van der Waals surface area contributed by atoms with E-state index in [1.54, 1.807) is 48.9 Å². The molecule has 148 valence electrons. The second-order valence-corrected chi connectivity index (χ2v) is 6.37. The third kappa shape index (κ3) is 5.17. The van der Waals surface area contributed by atoms with Gasteiger partial charge in [-0.25, -0.2) is 9.97 Å². The van der Waals surface area contributed by atoms with Gasteiger partial charge >= 0.3 is 0 Å². The van der Waals surface area contributed by atoms with Crippen LogP contribution in [0, 0.1) is 0 Å². The predicted molar refractivity (Wildman–Crippen MR) is 115 cm³/mol. The van der Waals surface area contributed by atoms with Crippen LogP contribution in [-0.4, -0.2) is 20.9 Å². The molecule has 0 saturated carbocycles.